The smallest absolute Gasteiger partial charge is 0.315 e. The van der Waals surface area contributed by atoms with Crippen LogP contribution in [0.5, 0.6) is 5.75 Å². The van der Waals surface area contributed by atoms with Crippen molar-refractivity contribution in [3.63, 3.8) is 0 Å². The molecule has 5 nitrogen and oxygen atoms in total. The van der Waals surface area contributed by atoms with Crippen molar-refractivity contribution in [1.29, 1.82) is 0 Å². The molecule has 0 saturated carbocycles. The lowest BCUT2D eigenvalue weighted by atomic mass is 9.98. The van der Waals surface area contributed by atoms with E-state index in [1.54, 1.807) is 7.11 Å². The van der Waals surface area contributed by atoms with Crippen LogP contribution in [0.3, 0.4) is 0 Å². The Bertz CT molecular complexity index is 554. The summed E-state index contributed by atoms with van der Waals surface area (Å²) >= 11 is 0. The second-order valence-electron chi connectivity index (χ2n) is 7.64. The molecular weight excluding hydrogens is 314 g/mol. The molecule has 0 bridgehead atoms. The van der Waals surface area contributed by atoms with Crippen LogP contribution in [0, 0.1) is 0 Å². The molecule has 1 atom stereocenters. The average Bonchev–Trinajstić information content (AvgIpc) is 2.61. The van der Waals surface area contributed by atoms with Crippen molar-refractivity contribution in [3.8, 4) is 5.75 Å². The molecule has 2 rings (SSSR count). The minimum absolute atomic E-state index is 0.00616. The molecule has 2 N–H and O–H groups in total. The zero-order chi connectivity index (χ0) is 18.3. The van der Waals surface area contributed by atoms with E-state index in [1.807, 2.05) is 25.1 Å². The number of benzene rings is 1. The number of carbonyl (C=O) groups excluding carboxylic acids is 1. The van der Waals surface area contributed by atoms with E-state index in [0.717, 1.165) is 30.8 Å². The van der Waals surface area contributed by atoms with E-state index in [0.29, 0.717) is 6.54 Å². The van der Waals surface area contributed by atoms with Gasteiger partial charge >= 0.3 is 6.03 Å². The summed E-state index contributed by atoms with van der Waals surface area (Å²) in [5.41, 5.74) is 1.15. The van der Waals surface area contributed by atoms with Crippen molar-refractivity contribution in [2.24, 2.45) is 0 Å². The van der Waals surface area contributed by atoms with Crippen LogP contribution in [0.4, 0.5) is 4.79 Å². The van der Waals surface area contributed by atoms with Crippen molar-refractivity contribution >= 4 is 6.03 Å². The minimum atomic E-state index is -0.0968. The fourth-order valence-electron chi connectivity index (χ4n) is 3.39. The number of hydrogen-bond acceptors (Lipinski definition) is 3. The highest BCUT2D eigenvalue weighted by Crippen LogP contribution is 2.19. The number of amides is 2. The Morgan fingerprint density at radius 1 is 1.28 bits per heavy atom. The SMILES string of the molecule is COc1cccc(CC(C)NC(=O)NCC(C)(C)N2CCCCC2)c1. The Morgan fingerprint density at radius 2 is 2.00 bits per heavy atom. The highest BCUT2D eigenvalue weighted by atomic mass is 16.5. The molecule has 5 heteroatoms. The van der Waals surface area contributed by atoms with E-state index in [2.05, 4.69) is 35.4 Å². The minimum Gasteiger partial charge on any atom is -0.497 e. The largest absolute Gasteiger partial charge is 0.497 e. The van der Waals surface area contributed by atoms with Gasteiger partial charge in [0, 0.05) is 18.1 Å². The number of methoxy groups -OCH3 is 1. The van der Waals surface area contributed by atoms with Gasteiger partial charge < -0.3 is 15.4 Å². The van der Waals surface area contributed by atoms with Crippen molar-refractivity contribution in [1.82, 2.24) is 15.5 Å². The third-order valence-corrected chi connectivity index (χ3v) is 4.95. The monoisotopic (exact) mass is 347 g/mol. The first-order valence-electron chi connectivity index (χ1n) is 9.33. The number of likely N-dealkylation sites (tertiary alicyclic amines) is 1. The second-order valence-corrected chi connectivity index (χ2v) is 7.64. The Hall–Kier alpha value is -1.75. The Kier molecular flexibility index (Phi) is 7.12. The number of urea groups is 1. The molecule has 1 aromatic carbocycles. The molecule has 1 aliphatic heterocycles. The number of piperidine rings is 1. The van der Waals surface area contributed by atoms with Gasteiger partial charge in [-0.25, -0.2) is 4.79 Å². The van der Waals surface area contributed by atoms with Gasteiger partial charge in [0.25, 0.3) is 0 Å². The summed E-state index contributed by atoms with van der Waals surface area (Å²) in [4.78, 5) is 14.7. The van der Waals surface area contributed by atoms with Gasteiger partial charge in [-0.2, -0.15) is 0 Å². The summed E-state index contributed by atoms with van der Waals surface area (Å²) in [6, 6.07) is 7.93. The van der Waals surface area contributed by atoms with Gasteiger partial charge in [0.2, 0.25) is 0 Å². The zero-order valence-corrected chi connectivity index (χ0v) is 16.1. The molecule has 140 valence electrons. The van der Waals surface area contributed by atoms with Crippen molar-refractivity contribution in [3.05, 3.63) is 29.8 Å². The van der Waals surface area contributed by atoms with E-state index in [1.165, 1.54) is 19.3 Å². The molecule has 2 amide bonds. The number of carbonyl (C=O) groups is 1. The van der Waals surface area contributed by atoms with E-state index < -0.39 is 0 Å². The lowest BCUT2D eigenvalue weighted by Gasteiger charge is -2.41. The highest BCUT2D eigenvalue weighted by molar-refractivity contribution is 5.74. The van der Waals surface area contributed by atoms with Crippen LogP contribution in [-0.4, -0.2) is 49.3 Å². The number of hydrogen-bond donors (Lipinski definition) is 2. The first-order valence-corrected chi connectivity index (χ1v) is 9.33. The number of ether oxygens (including phenoxy) is 1. The molecule has 1 aliphatic rings. The maximum atomic E-state index is 12.2. The van der Waals surface area contributed by atoms with Crippen molar-refractivity contribution in [2.75, 3.05) is 26.7 Å². The number of nitrogens with zero attached hydrogens (tertiary/aromatic N) is 1. The predicted molar refractivity (Wildman–Crippen MR) is 102 cm³/mol. The number of nitrogens with one attached hydrogen (secondary N) is 2. The van der Waals surface area contributed by atoms with Crippen molar-refractivity contribution < 1.29 is 9.53 Å². The van der Waals surface area contributed by atoms with Gasteiger partial charge in [-0.05, 0) is 70.8 Å². The standard InChI is InChI=1S/C20H33N3O2/c1-16(13-17-9-8-10-18(14-17)25-4)22-19(24)21-15-20(2,3)23-11-6-5-7-12-23/h8-10,14,16H,5-7,11-13,15H2,1-4H3,(H2,21,22,24). The van der Waals surface area contributed by atoms with Gasteiger partial charge in [-0.3, -0.25) is 4.90 Å². The summed E-state index contributed by atoms with van der Waals surface area (Å²) in [6.45, 7) is 9.35. The van der Waals surface area contributed by atoms with Crippen LogP contribution in [0.25, 0.3) is 0 Å². The second kappa shape index (κ2) is 9.09. The summed E-state index contributed by atoms with van der Waals surface area (Å²) < 4.78 is 5.25. The van der Waals surface area contributed by atoms with Gasteiger partial charge in [-0.15, -0.1) is 0 Å². The maximum absolute atomic E-state index is 12.2. The molecule has 25 heavy (non-hydrogen) atoms. The van der Waals surface area contributed by atoms with E-state index in [-0.39, 0.29) is 17.6 Å². The third-order valence-electron chi connectivity index (χ3n) is 4.95. The predicted octanol–water partition coefficient (Wildman–Crippen LogP) is 3.19. The zero-order valence-electron chi connectivity index (χ0n) is 16.1. The van der Waals surface area contributed by atoms with E-state index in [9.17, 15) is 4.79 Å². The average molecular weight is 348 g/mol. The van der Waals surface area contributed by atoms with Gasteiger partial charge in [0.15, 0.2) is 0 Å². The summed E-state index contributed by atoms with van der Waals surface area (Å²) in [5.74, 6) is 0.845. The van der Waals surface area contributed by atoms with Crippen LogP contribution in [0.1, 0.15) is 45.6 Å². The maximum Gasteiger partial charge on any atom is 0.315 e. The van der Waals surface area contributed by atoms with Gasteiger partial charge in [0.05, 0.1) is 7.11 Å². The first-order chi connectivity index (χ1) is 11.9. The topological polar surface area (TPSA) is 53.6 Å². The quantitative estimate of drug-likeness (QED) is 0.796. The molecule has 1 saturated heterocycles. The van der Waals surface area contributed by atoms with E-state index >= 15 is 0 Å². The third kappa shape index (κ3) is 6.24. The van der Waals surface area contributed by atoms with Crippen LogP contribution < -0.4 is 15.4 Å². The van der Waals surface area contributed by atoms with Gasteiger partial charge in [0.1, 0.15) is 5.75 Å². The Balaban J connectivity index is 1.76. The molecule has 1 aromatic rings. The molecular formula is C20H33N3O2. The summed E-state index contributed by atoms with van der Waals surface area (Å²) in [5, 5.41) is 6.08. The lowest BCUT2D eigenvalue weighted by molar-refractivity contribution is 0.0959. The molecule has 1 heterocycles. The van der Waals surface area contributed by atoms with Gasteiger partial charge in [-0.1, -0.05) is 18.6 Å². The lowest BCUT2D eigenvalue weighted by Crippen LogP contribution is -2.55. The number of rotatable bonds is 7. The van der Waals surface area contributed by atoms with Crippen LogP contribution >= 0.6 is 0 Å². The Morgan fingerprint density at radius 3 is 2.68 bits per heavy atom. The van der Waals surface area contributed by atoms with E-state index in [4.69, 9.17) is 4.74 Å². The van der Waals surface area contributed by atoms with Crippen molar-refractivity contribution in [2.45, 2.75) is 58.0 Å². The molecule has 1 unspecified atom stereocenters. The first kappa shape index (κ1) is 19.6. The van der Waals surface area contributed by atoms with Crippen LogP contribution in [-0.2, 0) is 6.42 Å². The molecule has 0 radical (unpaired) electrons. The molecule has 0 aliphatic carbocycles. The van der Waals surface area contributed by atoms with Crippen LogP contribution in [0.15, 0.2) is 24.3 Å². The fourth-order valence-corrected chi connectivity index (χ4v) is 3.39. The highest BCUT2D eigenvalue weighted by Gasteiger charge is 2.28. The summed E-state index contributed by atoms with van der Waals surface area (Å²) in [7, 11) is 1.67. The molecule has 1 fully saturated rings. The molecule has 0 aromatic heterocycles. The molecule has 0 spiro atoms. The normalized spacial score (nSPS) is 17.0. The van der Waals surface area contributed by atoms with Crippen LogP contribution in [0.2, 0.25) is 0 Å². The Labute approximate surface area is 152 Å². The summed E-state index contributed by atoms with van der Waals surface area (Å²) in [6.07, 6.45) is 4.61. The fraction of sp³-hybridized carbons (Fsp3) is 0.650.